The minimum Gasteiger partial charge on any atom is -0.491 e. The van der Waals surface area contributed by atoms with Crippen molar-refractivity contribution < 1.29 is 33.4 Å². The van der Waals surface area contributed by atoms with Crippen LogP contribution in [0, 0.1) is 30.0 Å². The van der Waals surface area contributed by atoms with Gasteiger partial charge in [-0.1, -0.05) is 38.1 Å². The van der Waals surface area contributed by atoms with Crippen LogP contribution in [-0.2, 0) is 25.7 Å². The number of ether oxygens (including phenoxy) is 1. The first-order valence-corrected chi connectivity index (χ1v) is 14.5. The molecule has 4 amide bonds. The van der Waals surface area contributed by atoms with E-state index in [1.165, 1.54) is 25.1 Å². The predicted octanol–water partition coefficient (Wildman–Crippen LogP) is 2.66. The summed E-state index contributed by atoms with van der Waals surface area (Å²) in [6, 6.07) is 10.2. The van der Waals surface area contributed by atoms with Gasteiger partial charge in [0, 0.05) is 23.6 Å². The molecule has 2 aromatic rings. The van der Waals surface area contributed by atoms with Crippen molar-refractivity contribution in [2.45, 2.75) is 78.7 Å². The van der Waals surface area contributed by atoms with E-state index in [1.807, 2.05) is 6.07 Å². The van der Waals surface area contributed by atoms with E-state index in [1.54, 1.807) is 71.9 Å². The van der Waals surface area contributed by atoms with Crippen LogP contribution in [0.3, 0.4) is 0 Å². The Balaban J connectivity index is 2.28. The lowest BCUT2D eigenvalue weighted by Gasteiger charge is -2.25. The molecular formula is C33H42FN5O6. The molecule has 5 N–H and O–H groups in total. The van der Waals surface area contributed by atoms with Gasteiger partial charge in [0.15, 0.2) is 0 Å². The van der Waals surface area contributed by atoms with Crippen LogP contribution in [0.2, 0.25) is 0 Å². The van der Waals surface area contributed by atoms with Gasteiger partial charge >= 0.3 is 0 Å². The highest BCUT2D eigenvalue weighted by Gasteiger charge is 2.31. The summed E-state index contributed by atoms with van der Waals surface area (Å²) in [6.45, 7) is 11.1. The zero-order chi connectivity index (χ0) is 33.9. The van der Waals surface area contributed by atoms with E-state index in [0.717, 1.165) is 0 Å². The van der Waals surface area contributed by atoms with Crippen LogP contribution in [0.1, 0.15) is 58.2 Å². The van der Waals surface area contributed by atoms with Gasteiger partial charge in [-0.05, 0) is 70.0 Å². The van der Waals surface area contributed by atoms with Crippen molar-refractivity contribution in [1.29, 1.82) is 5.26 Å². The Labute approximate surface area is 263 Å². The fourth-order valence-corrected chi connectivity index (χ4v) is 3.87. The first kappa shape index (κ1) is 36.4. The predicted molar refractivity (Wildman–Crippen MR) is 167 cm³/mol. The van der Waals surface area contributed by atoms with Crippen molar-refractivity contribution in [2.75, 3.05) is 6.61 Å². The number of carbonyl (C=O) groups excluding carboxylic acids is 4. The Morgan fingerprint density at radius 3 is 2.29 bits per heavy atom. The number of aryl methyl sites for hydroxylation is 1. The molecule has 1 unspecified atom stereocenters. The molecule has 242 valence electrons. The summed E-state index contributed by atoms with van der Waals surface area (Å²) in [7, 11) is 0. The first-order valence-electron chi connectivity index (χ1n) is 14.5. The lowest BCUT2D eigenvalue weighted by atomic mass is 10.1. The molecule has 0 aromatic heterocycles. The van der Waals surface area contributed by atoms with Gasteiger partial charge in [-0.25, -0.2) is 4.39 Å². The Morgan fingerprint density at radius 1 is 1.02 bits per heavy atom. The average Bonchev–Trinajstić information content (AvgIpc) is 2.94. The molecule has 3 atom stereocenters. The number of carbonyl (C=O) groups is 4. The van der Waals surface area contributed by atoms with Crippen molar-refractivity contribution >= 4 is 29.7 Å². The number of halogens is 1. The molecule has 0 saturated carbocycles. The number of rotatable bonds is 13. The lowest BCUT2D eigenvalue weighted by molar-refractivity contribution is -0.135. The molecule has 0 aliphatic rings. The van der Waals surface area contributed by atoms with Crippen molar-refractivity contribution in [3.05, 3.63) is 70.5 Å². The maximum absolute atomic E-state index is 14.4. The number of nitrogens with zero attached hydrogens (tertiary/aromatic N) is 1. The summed E-state index contributed by atoms with van der Waals surface area (Å²) in [4.78, 5) is 51.1. The number of nitriles is 1. The SMILES string of the molecule is Cc1ccc(CNC(=O)C(COc2cccc(C=C(C#N)C(=O)NC(C)(C)C)c2)NC(=O)[C@@H](NC(=O)C(C)C)[C@@H](C)O)c(F)c1. The second-order valence-corrected chi connectivity index (χ2v) is 12.0. The largest absolute Gasteiger partial charge is 0.491 e. The van der Waals surface area contributed by atoms with E-state index in [-0.39, 0.29) is 30.0 Å². The molecule has 12 heteroatoms. The highest BCUT2D eigenvalue weighted by Crippen LogP contribution is 2.17. The standard InChI is InChI=1S/C33H42FN5O6/c1-19(2)29(41)38-28(21(4)40)32(44)37-27(31(43)36-17-23-12-11-20(3)13-26(23)34)18-45-25-10-8-9-22(15-25)14-24(16-35)30(42)39-33(5,6)7/h8-15,19,21,27-28,40H,17-18H2,1-7H3,(H,36,43)(H,37,44)(H,38,41)(H,39,42)/t21-,27?,28+/m1/s1. The molecular weight excluding hydrogens is 581 g/mol. The summed E-state index contributed by atoms with van der Waals surface area (Å²) < 4.78 is 20.2. The van der Waals surface area contributed by atoms with Crippen molar-refractivity contribution in [3.8, 4) is 11.8 Å². The summed E-state index contributed by atoms with van der Waals surface area (Å²) in [5, 5.41) is 30.0. The molecule has 0 bridgehead atoms. The molecule has 0 aliphatic carbocycles. The fourth-order valence-electron chi connectivity index (χ4n) is 3.87. The highest BCUT2D eigenvalue weighted by molar-refractivity contribution is 6.02. The third kappa shape index (κ3) is 12.0. The maximum Gasteiger partial charge on any atom is 0.262 e. The van der Waals surface area contributed by atoms with Gasteiger partial charge in [0.05, 0.1) is 6.10 Å². The zero-order valence-electron chi connectivity index (χ0n) is 26.7. The summed E-state index contributed by atoms with van der Waals surface area (Å²) in [6.07, 6.45) is 0.105. The maximum atomic E-state index is 14.4. The van der Waals surface area contributed by atoms with Gasteiger partial charge in [-0.3, -0.25) is 19.2 Å². The summed E-state index contributed by atoms with van der Waals surface area (Å²) >= 11 is 0. The van der Waals surface area contributed by atoms with Gasteiger partial charge in [-0.15, -0.1) is 0 Å². The minimum atomic E-state index is -1.36. The molecule has 2 rings (SSSR count). The third-order valence-electron chi connectivity index (χ3n) is 6.32. The van der Waals surface area contributed by atoms with E-state index in [4.69, 9.17) is 4.74 Å². The molecule has 0 radical (unpaired) electrons. The average molecular weight is 624 g/mol. The lowest BCUT2D eigenvalue weighted by Crippen LogP contribution is -2.58. The van der Waals surface area contributed by atoms with Gasteiger partial charge in [0.25, 0.3) is 5.91 Å². The normalized spacial score (nSPS) is 13.6. The first-order chi connectivity index (χ1) is 21.0. The van der Waals surface area contributed by atoms with Crippen LogP contribution in [0.25, 0.3) is 6.08 Å². The second-order valence-electron chi connectivity index (χ2n) is 12.0. The topological polar surface area (TPSA) is 170 Å². The molecule has 45 heavy (non-hydrogen) atoms. The van der Waals surface area contributed by atoms with Crippen LogP contribution in [0.5, 0.6) is 5.75 Å². The van der Waals surface area contributed by atoms with E-state index in [0.29, 0.717) is 11.1 Å². The molecule has 0 heterocycles. The highest BCUT2D eigenvalue weighted by atomic mass is 19.1. The minimum absolute atomic E-state index is 0.123. The molecule has 0 spiro atoms. The Kier molecular flexibility index (Phi) is 13.2. The van der Waals surface area contributed by atoms with Crippen LogP contribution in [0.15, 0.2) is 48.0 Å². The Morgan fingerprint density at radius 2 is 1.71 bits per heavy atom. The number of hydrogen-bond donors (Lipinski definition) is 5. The van der Waals surface area contributed by atoms with Crippen LogP contribution < -0.4 is 26.0 Å². The number of benzene rings is 2. The van der Waals surface area contributed by atoms with Crippen LogP contribution >= 0.6 is 0 Å². The summed E-state index contributed by atoms with van der Waals surface area (Å²) in [5.74, 6) is -3.26. The van der Waals surface area contributed by atoms with Crippen LogP contribution in [-0.4, -0.2) is 59.1 Å². The van der Waals surface area contributed by atoms with Crippen molar-refractivity contribution in [2.24, 2.45) is 5.92 Å². The summed E-state index contributed by atoms with van der Waals surface area (Å²) in [5.41, 5.74) is 0.742. The molecule has 0 aliphatic heterocycles. The van der Waals surface area contributed by atoms with E-state index >= 15 is 0 Å². The number of aliphatic hydroxyl groups excluding tert-OH is 1. The monoisotopic (exact) mass is 623 g/mol. The van der Waals surface area contributed by atoms with E-state index in [9.17, 15) is 33.9 Å². The molecule has 0 saturated heterocycles. The number of aliphatic hydroxyl groups is 1. The van der Waals surface area contributed by atoms with E-state index in [2.05, 4.69) is 21.3 Å². The van der Waals surface area contributed by atoms with Crippen molar-refractivity contribution in [1.82, 2.24) is 21.3 Å². The number of nitrogens with one attached hydrogen (secondary N) is 4. The van der Waals surface area contributed by atoms with Crippen molar-refractivity contribution in [3.63, 3.8) is 0 Å². The fraction of sp³-hybridized carbons (Fsp3) is 0.424. The molecule has 0 fully saturated rings. The van der Waals surface area contributed by atoms with Gasteiger partial charge < -0.3 is 31.1 Å². The Bertz CT molecular complexity index is 1460. The number of hydrogen-bond acceptors (Lipinski definition) is 7. The smallest absolute Gasteiger partial charge is 0.262 e. The van der Waals surface area contributed by atoms with Gasteiger partial charge in [0.2, 0.25) is 17.7 Å². The zero-order valence-corrected chi connectivity index (χ0v) is 26.7. The number of amides is 4. The Hall–Kier alpha value is -4.76. The molecule has 2 aromatic carbocycles. The van der Waals surface area contributed by atoms with Gasteiger partial charge in [-0.2, -0.15) is 5.26 Å². The van der Waals surface area contributed by atoms with Crippen LogP contribution in [0.4, 0.5) is 4.39 Å². The third-order valence-corrected chi connectivity index (χ3v) is 6.32. The quantitative estimate of drug-likeness (QED) is 0.169. The second kappa shape index (κ2) is 16.4. The van der Waals surface area contributed by atoms with Gasteiger partial charge in [0.1, 0.15) is 41.9 Å². The molecule has 11 nitrogen and oxygen atoms in total. The van der Waals surface area contributed by atoms with E-state index < -0.39 is 59.1 Å².